The van der Waals surface area contributed by atoms with Gasteiger partial charge in [-0.1, -0.05) is 17.4 Å². The number of methoxy groups -OCH3 is 3. The van der Waals surface area contributed by atoms with Gasteiger partial charge in [-0.05, 0) is 49.7 Å². The molecule has 0 saturated carbocycles. The van der Waals surface area contributed by atoms with Crippen molar-refractivity contribution in [2.24, 2.45) is 5.10 Å². The Morgan fingerprint density at radius 3 is 2.55 bits per heavy atom. The molecule has 4 rings (SSSR count). The summed E-state index contributed by atoms with van der Waals surface area (Å²) in [6, 6.07) is 13.3. The number of nitrogens with zero attached hydrogens (tertiary/aromatic N) is 2. The second kappa shape index (κ2) is 9.33. The summed E-state index contributed by atoms with van der Waals surface area (Å²) in [5.74, 6) is 1.41. The Bertz CT molecular complexity index is 1410. The Hall–Kier alpha value is -3.85. The van der Waals surface area contributed by atoms with Crippen LogP contribution in [0.4, 0.5) is 5.13 Å². The third kappa shape index (κ3) is 4.54. The van der Waals surface area contributed by atoms with Crippen molar-refractivity contribution in [3.05, 3.63) is 64.0 Å². The van der Waals surface area contributed by atoms with Crippen molar-refractivity contribution in [1.82, 2.24) is 4.98 Å². The summed E-state index contributed by atoms with van der Waals surface area (Å²) in [7, 11) is 4.53. The predicted octanol–water partition coefficient (Wildman–Crippen LogP) is 4.90. The SMILES string of the molecule is COC(=O)c1sc(NN=c2cc(-c3ccc(OC)c(OC)c3)oc3cc(C)ccc23)nc1C. The molecule has 0 bridgehead atoms. The Labute approximate surface area is 194 Å². The van der Waals surface area contributed by atoms with E-state index in [2.05, 4.69) is 15.5 Å². The number of rotatable bonds is 6. The van der Waals surface area contributed by atoms with E-state index in [4.69, 9.17) is 18.6 Å². The summed E-state index contributed by atoms with van der Waals surface area (Å²) >= 11 is 1.18. The Kier molecular flexibility index (Phi) is 6.32. The maximum atomic E-state index is 11.9. The van der Waals surface area contributed by atoms with E-state index in [0.29, 0.717) is 43.9 Å². The van der Waals surface area contributed by atoms with Crippen LogP contribution in [0.5, 0.6) is 11.5 Å². The zero-order valence-electron chi connectivity index (χ0n) is 18.9. The second-order valence-corrected chi connectivity index (χ2v) is 8.21. The van der Waals surface area contributed by atoms with Crippen molar-refractivity contribution < 1.29 is 23.4 Å². The smallest absolute Gasteiger partial charge is 0.350 e. The zero-order valence-corrected chi connectivity index (χ0v) is 19.7. The number of nitrogens with one attached hydrogen (secondary N) is 1. The second-order valence-electron chi connectivity index (χ2n) is 7.21. The van der Waals surface area contributed by atoms with E-state index < -0.39 is 5.97 Å². The third-order valence-electron chi connectivity index (χ3n) is 5.01. The molecule has 0 unspecified atom stereocenters. The van der Waals surface area contributed by atoms with Crippen molar-refractivity contribution in [2.75, 3.05) is 26.8 Å². The number of fused-ring (bicyclic) bond motifs is 1. The summed E-state index contributed by atoms with van der Waals surface area (Å²) in [5.41, 5.74) is 6.11. The molecule has 2 heterocycles. The van der Waals surface area contributed by atoms with E-state index in [9.17, 15) is 4.79 Å². The van der Waals surface area contributed by atoms with Gasteiger partial charge < -0.3 is 18.6 Å². The number of hydrogen-bond donors (Lipinski definition) is 1. The quantitative estimate of drug-likeness (QED) is 0.319. The van der Waals surface area contributed by atoms with Gasteiger partial charge in [0.2, 0.25) is 5.13 Å². The van der Waals surface area contributed by atoms with Gasteiger partial charge >= 0.3 is 5.97 Å². The van der Waals surface area contributed by atoms with Gasteiger partial charge in [0.1, 0.15) is 16.2 Å². The minimum absolute atomic E-state index is 0.423. The normalized spacial score (nSPS) is 11.5. The van der Waals surface area contributed by atoms with Crippen molar-refractivity contribution in [2.45, 2.75) is 13.8 Å². The fourth-order valence-corrected chi connectivity index (χ4v) is 4.16. The molecule has 2 aromatic heterocycles. The van der Waals surface area contributed by atoms with Crippen molar-refractivity contribution in [1.29, 1.82) is 0 Å². The monoisotopic (exact) mass is 465 g/mol. The molecule has 0 spiro atoms. The van der Waals surface area contributed by atoms with E-state index in [0.717, 1.165) is 16.5 Å². The van der Waals surface area contributed by atoms with Crippen LogP contribution in [0.1, 0.15) is 20.9 Å². The first kappa shape index (κ1) is 22.3. The maximum Gasteiger partial charge on any atom is 0.350 e. The fraction of sp³-hybridized carbons (Fsp3) is 0.208. The molecule has 0 aliphatic heterocycles. The topological polar surface area (TPSA) is 95.2 Å². The molecule has 1 N–H and O–H groups in total. The lowest BCUT2D eigenvalue weighted by atomic mass is 10.1. The number of carbonyl (C=O) groups is 1. The molecule has 0 fully saturated rings. The number of aromatic nitrogens is 1. The van der Waals surface area contributed by atoms with E-state index >= 15 is 0 Å². The fourth-order valence-electron chi connectivity index (χ4n) is 3.33. The molecule has 170 valence electrons. The highest BCUT2D eigenvalue weighted by molar-refractivity contribution is 7.17. The van der Waals surface area contributed by atoms with Gasteiger partial charge in [-0.2, -0.15) is 5.10 Å². The van der Waals surface area contributed by atoms with Gasteiger partial charge in [-0.15, -0.1) is 0 Å². The lowest BCUT2D eigenvalue weighted by molar-refractivity contribution is 0.0605. The third-order valence-corrected chi connectivity index (χ3v) is 6.05. The molecule has 33 heavy (non-hydrogen) atoms. The summed E-state index contributed by atoms with van der Waals surface area (Å²) in [5, 5.41) is 6.55. The van der Waals surface area contributed by atoms with E-state index in [1.165, 1.54) is 18.4 Å². The van der Waals surface area contributed by atoms with Crippen LogP contribution in [-0.4, -0.2) is 32.3 Å². The number of esters is 1. The Balaban J connectivity index is 1.82. The molecule has 0 aliphatic carbocycles. The Morgan fingerprint density at radius 2 is 1.82 bits per heavy atom. The summed E-state index contributed by atoms with van der Waals surface area (Å²) in [6.07, 6.45) is 0. The van der Waals surface area contributed by atoms with Crippen LogP contribution in [0.2, 0.25) is 0 Å². The molecule has 0 saturated heterocycles. The minimum Gasteiger partial charge on any atom is -0.493 e. The van der Waals surface area contributed by atoms with E-state index in [1.807, 2.05) is 49.4 Å². The number of anilines is 1. The maximum absolute atomic E-state index is 11.9. The standard InChI is InChI=1S/C24H23N3O5S/c1-13-6-8-16-17(26-27-24-25-14(2)22(33-24)23(28)31-5)12-19(32-20(16)10-13)15-7-9-18(29-3)21(11-15)30-4/h6-12H,1-5H3,(H,25,27). The number of hydrogen-bond acceptors (Lipinski definition) is 9. The van der Waals surface area contributed by atoms with Crippen LogP contribution in [0.15, 0.2) is 52.0 Å². The van der Waals surface area contributed by atoms with Gasteiger partial charge in [0.15, 0.2) is 11.5 Å². The van der Waals surface area contributed by atoms with Gasteiger partial charge in [0, 0.05) is 17.0 Å². The highest BCUT2D eigenvalue weighted by Gasteiger charge is 2.15. The summed E-state index contributed by atoms with van der Waals surface area (Å²) in [6.45, 7) is 3.75. The van der Waals surface area contributed by atoms with Crippen molar-refractivity contribution >= 4 is 33.4 Å². The van der Waals surface area contributed by atoms with E-state index in [1.54, 1.807) is 21.1 Å². The van der Waals surface area contributed by atoms with Gasteiger partial charge in [0.05, 0.1) is 32.4 Å². The largest absolute Gasteiger partial charge is 0.493 e. The number of carbonyl (C=O) groups excluding carboxylic acids is 1. The summed E-state index contributed by atoms with van der Waals surface area (Å²) < 4.78 is 21.8. The highest BCUT2D eigenvalue weighted by atomic mass is 32.1. The minimum atomic E-state index is -0.423. The van der Waals surface area contributed by atoms with Crippen LogP contribution in [0, 0.1) is 13.8 Å². The number of benzene rings is 2. The number of thiazole rings is 1. The lowest BCUT2D eigenvalue weighted by Crippen LogP contribution is -2.07. The molecule has 8 nitrogen and oxygen atoms in total. The predicted molar refractivity (Wildman–Crippen MR) is 127 cm³/mol. The van der Waals surface area contributed by atoms with Gasteiger partial charge in [-0.3, -0.25) is 5.43 Å². The first-order valence-electron chi connectivity index (χ1n) is 10.1. The van der Waals surface area contributed by atoms with Crippen molar-refractivity contribution in [3.8, 4) is 22.8 Å². The lowest BCUT2D eigenvalue weighted by Gasteiger charge is -2.10. The molecule has 0 atom stereocenters. The zero-order chi connectivity index (χ0) is 23.5. The Morgan fingerprint density at radius 1 is 1.03 bits per heavy atom. The van der Waals surface area contributed by atoms with Crippen LogP contribution in [-0.2, 0) is 4.74 Å². The van der Waals surface area contributed by atoms with E-state index in [-0.39, 0.29) is 0 Å². The molecule has 0 amide bonds. The molecule has 0 aliphatic rings. The number of ether oxygens (including phenoxy) is 3. The van der Waals surface area contributed by atoms with Gasteiger partial charge in [-0.25, -0.2) is 9.78 Å². The molecule has 4 aromatic rings. The van der Waals surface area contributed by atoms with Crippen LogP contribution >= 0.6 is 11.3 Å². The molecular weight excluding hydrogens is 442 g/mol. The average Bonchev–Trinajstić information content (AvgIpc) is 3.21. The first-order valence-corrected chi connectivity index (χ1v) is 10.9. The van der Waals surface area contributed by atoms with Crippen LogP contribution in [0.25, 0.3) is 22.3 Å². The average molecular weight is 466 g/mol. The first-order chi connectivity index (χ1) is 15.9. The highest BCUT2D eigenvalue weighted by Crippen LogP contribution is 2.33. The van der Waals surface area contributed by atoms with Crippen LogP contribution < -0.4 is 20.3 Å². The number of aryl methyl sites for hydroxylation is 2. The van der Waals surface area contributed by atoms with Crippen molar-refractivity contribution in [3.63, 3.8) is 0 Å². The molecular formula is C24H23N3O5S. The summed E-state index contributed by atoms with van der Waals surface area (Å²) in [4.78, 5) is 16.7. The van der Waals surface area contributed by atoms with Gasteiger partial charge in [0.25, 0.3) is 0 Å². The molecule has 0 radical (unpaired) electrons. The molecule has 9 heteroatoms. The molecule has 2 aromatic carbocycles. The van der Waals surface area contributed by atoms with Crippen LogP contribution in [0.3, 0.4) is 0 Å².